The molecule has 86 valence electrons. The number of allylic oxidation sites excluding steroid dienone is 1. The maximum absolute atomic E-state index is 11.7. The van der Waals surface area contributed by atoms with Gasteiger partial charge in [0.2, 0.25) is 0 Å². The van der Waals surface area contributed by atoms with Crippen LogP contribution in [-0.2, 0) is 14.4 Å². The molecule has 0 radical (unpaired) electrons. The summed E-state index contributed by atoms with van der Waals surface area (Å²) in [5.41, 5.74) is 0.400. The van der Waals surface area contributed by atoms with Gasteiger partial charge in [0.15, 0.2) is 0 Å². The van der Waals surface area contributed by atoms with E-state index >= 15 is 0 Å². The molecule has 0 spiro atoms. The van der Waals surface area contributed by atoms with Crippen LogP contribution in [0.4, 0.5) is 0 Å². The third-order valence-corrected chi connectivity index (χ3v) is 4.37. The number of rotatable bonds is 2. The van der Waals surface area contributed by atoms with E-state index in [4.69, 9.17) is 5.11 Å². The molecule has 5 nitrogen and oxygen atoms in total. The molecule has 2 atom stereocenters. The van der Waals surface area contributed by atoms with Crippen LogP contribution >= 0.6 is 11.8 Å². The molecule has 0 unspecified atom stereocenters. The van der Waals surface area contributed by atoms with Crippen molar-refractivity contribution >= 4 is 29.9 Å². The van der Waals surface area contributed by atoms with Crippen molar-refractivity contribution in [2.45, 2.75) is 30.0 Å². The molecule has 0 bridgehead atoms. The Labute approximate surface area is 96.5 Å². The molecule has 2 aliphatic rings. The Bertz CT molecular complexity index is 415. The van der Waals surface area contributed by atoms with Gasteiger partial charge in [-0.1, -0.05) is 0 Å². The first-order valence-corrected chi connectivity index (χ1v) is 5.67. The second-order valence-electron chi connectivity index (χ2n) is 4.28. The third-order valence-electron chi connectivity index (χ3n) is 2.83. The highest BCUT2D eigenvalue weighted by Gasteiger charge is 2.61. The number of nitrogens with zero attached hydrogens (tertiary/aromatic N) is 1. The number of amides is 1. The van der Waals surface area contributed by atoms with Crippen LogP contribution in [0.3, 0.4) is 0 Å². The molecule has 2 fully saturated rings. The monoisotopic (exact) mass is 241 g/mol. The standard InChI is InChI=1S/C10H11NO4S/c1-10(2)6(9(14)15)11-7(13)5(3-4-12)8(11)16-10/h3-4,6,8H,1-2H3,(H,14,15)/b5-3-/t6-,8+/m0/s1. The Hall–Kier alpha value is -1.30. The average molecular weight is 241 g/mol. The number of aliphatic carboxylic acids is 1. The quantitative estimate of drug-likeness (QED) is 0.426. The molecule has 1 N–H and O–H groups in total. The van der Waals surface area contributed by atoms with Gasteiger partial charge in [0, 0.05) is 4.75 Å². The Kier molecular flexibility index (Phi) is 2.34. The second-order valence-corrected chi connectivity index (χ2v) is 6.02. The molecule has 2 rings (SSSR count). The molecule has 2 saturated heterocycles. The summed E-state index contributed by atoms with van der Waals surface area (Å²) in [6.07, 6.45) is 1.78. The Morgan fingerprint density at radius 2 is 2.19 bits per heavy atom. The fourth-order valence-electron chi connectivity index (χ4n) is 2.15. The number of hydrogen-bond donors (Lipinski definition) is 1. The van der Waals surface area contributed by atoms with E-state index in [1.165, 1.54) is 22.7 Å². The minimum atomic E-state index is -1.00. The van der Waals surface area contributed by atoms with Crippen molar-refractivity contribution in [1.29, 1.82) is 0 Å². The smallest absolute Gasteiger partial charge is 0.327 e. The zero-order valence-corrected chi connectivity index (χ0v) is 9.65. The molecule has 0 aromatic carbocycles. The molecule has 16 heavy (non-hydrogen) atoms. The summed E-state index contributed by atoms with van der Waals surface area (Å²) in [6, 6.07) is -0.821. The van der Waals surface area contributed by atoms with Gasteiger partial charge in [0.1, 0.15) is 17.7 Å². The van der Waals surface area contributed by atoms with E-state index < -0.39 is 16.8 Å². The van der Waals surface area contributed by atoms with Gasteiger partial charge in [0.05, 0.1) is 5.57 Å². The Balaban J connectivity index is 2.35. The molecular weight excluding hydrogens is 230 g/mol. The lowest BCUT2D eigenvalue weighted by atomic mass is 9.96. The van der Waals surface area contributed by atoms with Crippen LogP contribution in [0.1, 0.15) is 13.8 Å². The van der Waals surface area contributed by atoms with Gasteiger partial charge in [-0.2, -0.15) is 0 Å². The first-order valence-electron chi connectivity index (χ1n) is 4.79. The lowest BCUT2D eigenvalue weighted by Crippen LogP contribution is -2.58. The van der Waals surface area contributed by atoms with Crippen LogP contribution in [0.25, 0.3) is 0 Å². The van der Waals surface area contributed by atoms with Crippen LogP contribution in [0.2, 0.25) is 0 Å². The van der Waals surface area contributed by atoms with Crippen molar-refractivity contribution in [3.05, 3.63) is 11.6 Å². The maximum Gasteiger partial charge on any atom is 0.327 e. The first kappa shape index (κ1) is 11.2. The summed E-state index contributed by atoms with van der Waals surface area (Å²) in [6.45, 7) is 3.58. The van der Waals surface area contributed by atoms with E-state index in [1.54, 1.807) is 13.8 Å². The lowest BCUT2D eigenvalue weighted by molar-refractivity contribution is -0.152. The van der Waals surface area contributed by atoms with Crippen LogP contribution in [-0.4, -0.2) is 44.3 Å². The van der Waals surface area contributed by atoms with E-state index in [2.05, 4.69) is 0 Å². The van der Waals surface area contributed by atoms with Gasteiger partial charge in [-0.15, -0.1) is 11.8 Å². The SMILES string of the molecule is CC1(C)S[C@@H]2/C(=C\C=O)C(=O)N2[C@H]1C(=O)O. The largest absolute Gasteiger partial charge is 0.480 e. The molecule has 6 heteroatoms. The zero-order chi connectivity index (χ0) is 12.1. The zero-order valence-electron chi connectivity index (χ0n) is 8.84. The van der Waals surface area contributed by atoms with Gasteiger partial charge >= 0.3 is 5.97 Å². The highest BCUT2D eigenvalue weighted by molar-refractivity contribution is 8.01. The number of carboxylic acid groups (broad SMARTS) is 1. The molecule has 2 heterocycles. The Morgan fingerprint density at radius 1 is 1.56 bits per heavy atom. The summed E-state index contributed by atoms with van der Waals surface area (Å²) in [5, 5.41) is 8.83. The van der Waals surface area contributed by atoms with E-state index in [0.717, 1.165) is 0 Å². The highest BCUT2D eigenvalue weighted by Crippen LogP contribution is 2.52. The molecule has 0 aromatic rings. The summed E-state index contributed by atoms with van der Waals surface area (Å²) in [7, 11) is 0. The summed E-state index contributed by atoms with van der Waals surface area (Å²) >= 11 is 1.40. The molecule has 1 amide bonds. The van der Waals surface area contributed by atoms with Crippen molar-refractivity contribution < 1.29 is 19.5 Å². The van der Waals surface area contributed by atoms with Gasteiger partial charge in [-0.3, -0.25) is 9.59 Å². The summed E-state index contributed by atoms with van der Waals surface area (Å²) in [5.74, 6) is -1.35. The van der Waals surface area contributed by atoms with Crippen molar-refractivity contribution in [2.24, 2.45) is 0 Å². The minimum absolute atomic E-state index is 0.284. The molecule has 0 saturated carbocycles. The van der Waals surface area contributed by atoms with E-state index in [0.29, 0.717) is 11.9 Å². The summed E-state index contributed by atoms with van der Waals surface area (Å²) in [4.78, 5) is 34.5. The van der Waals surface area contributed by atoms with Gasteiger partial charge in [-0.05, 0) is 19.9 Å². The lowest BCUT2D eigenvalue weighted by Gasteiger charge is -2.38. The van der Waals surface area contributed by atoms with Crippen molar-refractivity contribution in [1.82, 2.24) is 4.90 Å². The van der Waals surface area contributed by atoms with Gasteiger partial charge in [-0.25, -0.2) is 4.79 Å². The minimum Gasteiger partial charge on any atom is -0.480 e. The van der Waals surface area contributed by atoms with Crippen molar-refractivity contribution in [3.63, 3.8) is 0 Å². The fourth-order valence-corrected chi connectivity index (χ4v) is 3.70. The number of hydrogen-bond acceptors (Lipinski definition) is 4. The number of β-lactam (4-membered cyclic amide) rings is 1. The van der Waals surface area contributed by atoms with Crippen LogP contribution in [0.15, 0.2) is 11.6 Å². The van der Waals surface area contributed by atoms with Crippen molar-refractivity contribution in [2.75, 3.05) is 0 Å². The van der Waals surface area contributed by atoms with Gasteiger partial charge in [0.25, 0.3) is 5.91 Å². The maximum atomic E-state index is 11.7. The Morgan fingerprint density at radius 3 is 2.69 bits per heavy atom. The van der Waals surface area contributed by atoms with Crippen LogP contribution in [0.5, 0.6) is 0 Å². The normalized spacial score (nSPS) is 33.5. The molecular formula is C10H11NO4S. The fraction of sp³-hybridized carbons (Fsp3) is 0.500. The highest BCUT2D eigenvalue weighted by atomic mass is 32.2. The van der Waals surface area contributed by atoms with Crippen LogP contribution < -0.4 is 0 Å². The van der Waals surface area contributed by atoms with E-state index in [-0.39, 0.29) is 11.3 Å². The molecule has 2 aliphatic heterocycles. The van der Waals surface area contributed by atoms with Gasteiger partial charge < -0.3 is 10.0 Å². The first-order chi connectivity index (χ1) is 7.40. The molecule has 0 aliphatic carbocycles. The average Bonchev–Trinajstić information content (AvgIpc) is 2.43. The van der Waals surface area contributed by atoms with Crippen molar-refractivity contribution in [3.8, 4) is 0 Å². The number of carbonyl (C=O) groups is 3. The number of aldehydes is 1. The second kappa shape index (κ2) is 3.35. The molecule has 0 aromatic heterocycles. The van der Waals surface area contributed by atoms with E-state index in [1.807, 2.05) is 0 Å². The number of carboxylic acids is 1. The van der Waals surface area contributed by atoms with Crippen LogP contribution in [0, 0.1) is 0 Å². The third kappa shape index (κ3) is 1.29. The number of carbonyl (C=O) groups excluding carboxylic acids is 2. The number of thioether (sulfide) groups is 1. The summed E-state index contributed by atoms with van der Waals surface area (Å²) < 4.78 is -0.537. The predicted molar refractivity (Wildman–Crippen MR) is 57.9 cm³/mol. The topological polar surface area (TPSA) is 74.7 Å². The number of fused-ring (bicyclic) bond motifs is 1. The van der Waals surface area contributed by atoms with E-state index in [9.17, 15) is 14.4 Å². The predicted octanol–water partition coefficient (Wildman–Crippen LogP) is 0.259.